The lowest BCUT2D eigenvalue weighted by atomic mass is 10.1. The molecular formula is C17H31N3O. The van der Waals surface area contributed by atoms with Crippen LogP contribution in [0.2, 0.25) is 0 Å². The van der Waals surface area contributed by atoms with Gasteiger partial charge in [0.25, 0.3) is 0 Å². The third-order valence-corrected chi connectivity index (χ3v) is 3.38. The minimum atomic E-state index is 0.121. The van der Waals surface area contributed by atoms with E-state index in [2.05, 4.69) is 57.0 Å². The topological polar surface area (TPSA) is 37.4 Å². The molecule has 0 aromatic carbocycles. The van der Waals surface area contributed by atoms with Crippen LogP contribution in [0, 0.1) is 0 Å². The predicted octanol–water partition coefficient (Wildman–Crippen LogP) is 3.00. The summed E-state index contributed by atoms with van der Waals surface area (Å²) in [6.07, 6.45) is 0.957. The molecule has 0 spiro atoms. The highest BCUT2D eigenvalue weighted by Gasteiger charge is 2.12. The fraction of sp³-hybridized carbons (Fsp3) is 0.706. The van der Waals surface area contributed by atoms with Gasteiger partial charge < -0.3 is 15.0 Å². The van der Waals surface area contributed by atoms with Gasteiger partial charge >= 0.3 is 0 Å². The number of pyridine rings is 1. The molecule has 1 heterocycles. The number of nitrogens with zero attached hydrogens (tertiary/aromatic N) is 2. The zero-order chi connectivity index (χ0) is 15.9. The Bertz CT molecular complexity index is 427. The number of rotatable bonds is 8. The second-order valence-corrected chi connectivity index (χ2v) is 6.35. The lowest BCUT2D eigenvalue weighted by Crippen LogP contribution is -2.35. The molecule has 1 N–H and O–H groups in total. The molecule has 0 saturated heterocycles. The Balaban J connectivity index is 2.92. The zero-order valence-electron chi connectivity index (χ0n) is 14.5. The van der Waals surface area contributed by atoms with Crippen molar-refractivity contribution in [3.05, 3.63) is 23.4 Å². The lowest BCUT2D eigenvalue weighted by molar-refractivity contribution is 0.205. The minimum Gasteiger partial charge on any atom is -0.383 e. The number of hydrogen-bond donors (Lipinski definition) is 1. The van der Waals surface area contributed by atoms with Gasteiger partial charge in [0.1, 0.15) is 5.82 Å². The van der Waals surface area contributed by atoms with Gasteiger partial charge in [-0.25, -0.2) is 4.98 Å². The van der Waals surface area contributed by atoms with E-state index in [1.54, 1.807) is 7.11 Å². The highest BCUT2D eigenvalue weighted by molar-refractivity contribution is 5.42. The van der Waals surface area contributed by atoms with Gasteiger partial charge in [-0.1, -0.05) is 6.92 Å². The van der Waals surface area contributed by atoms with Crippen LogP contribution in [0.15, 0.2) is 12.1 Å². The van der Waals surface area contributed by atoms with Gasteiger partial charge in [0.05, 0.1) is 6.61 Å². The van der Waals surface area contributed by atoms with Crippen molar-refractivity contribution >= 4 is 5.82 Å². The molecule has 0 aliphatic heterocycles. The van der Waals surface area contributed by atoms with Crippen molar-refractivity contribution in [1.82, 2.24) is 10.3 Å². The smallest absolute Gasteiger partial charge is 0.129 e. The average molecular weight is 293 g/mol. The summed E-state index contributed by atoms with van der Waals surface area (Å²) in [5, 5.41) is 3.55. The second-order valence-electron chi connectivity index (χ2n) is 6.35. The highest BCUT2D eigenvalue weighted by Crippen LogP contribution is 2.16. The maximum Gasteiger partial charge on any atom is 0.129 e. The number of nitrogens with one attached hydrogen (secondary N) is 1. The maximum atomic E-state index is 5.19. The second kappa shape index (κ2) is 8.35. The molecule has 21 heavy (non-hydrogen) atoms. The first kappa shape index (κ1) is 17.9. The van der Waals surface area contributed by atoms with E-state index in [-0.39, 0.29) is 5.54 Å². The molecule has 4 heteroatoms. The van der Waals surface area contributed by atoms with Crippen LogP contribution >= 0.6 is 0 Å². The number of ether oxygens (including phenoxy) is 1. The first-order chi connectivity index (χ1) is 9.89. The molecule has 0 bridgehead atoms. The normalized spacial score (nSPS) is 11.7. The van der Waals surface area contributed by atoms with Gasteiger partial charge in [0.15, 0.2) is 0 Å². The Labute approximate surface area is 129 Å². The quantitative estimate of drug-likeness (QED) is 0.799. The summed E-state index contributed by atoms with van der Waals surface area (Å²) in [6.45, 7) is 14.3. The molecule has 120 valence electrons. The standard InChI is InChI=1S/C17H31N3O/c1-7-15-11-14(13-18-17(3,4)5)12-16(19-15)20(8-2)9-10-21-6/h11-12,18H,7-10,13H2,1-6H3. The van der Waals surface area contributed by atoms with Gasteiger partial charge in [0.2, 0.25) is 0 Å². The van der Waals surface area contributed by atoms with Crippen molar-refractivity contribution in [2.24, 2.45) is 0 Å². The van der Waals surface area contributed by atoms with Crippen LogP contribution in [0.25, 0.3) is 0 Å². The molecule has 4 nitrogen and oxygen atoms in total. The van der Waals surface area contributed by atoms with Crippen molar-refractivity contribution in [3.8, 4) is 0 Å². The molecule has 0 aliphatic rings. The van der Waals surface area contributed by atoms with Gasteiger partial charge in [-0.05, 0) is 51.8 Å². The summed E-state index contributed by atoms with van der Waals surface area (Å²) in [4.78, 5) is 7.03. The Morgan fingerprint density at radius 2 is 1.95 bits per heavy atom. The predicted molar refractivity (Wildman–Crippen MR) is 90.0 cm³/mol. The highest BCUT2D eigenvalue weighted by atomic mass is 16.5. The van der Waals surface area contributed by atoms with Crippen LogP contribution in [0.5, 0.6) is 0 Å². The molecular weight excluding hydrogens is 262 g/mol. The first-order valence-corrected chi connectivity index (χ1v) is 7.88. The van der Waals surface area contributed by atoms with Gasteiger partial charge in [-0.3, -0.25) is 0 Å². The third kappa shape index (κ3) is 6.44. The summed E-state index contributed by atoms with van der Waals surface area (Å²) in [5.74, 6) is 1.06. The number of anilines is 1. The van der Waals surface area contributed by atoms with E-state index < -0.39 is 0 Å². The van der Waals surface area contributed by atoms with E-state index in [1.807, 2.05) is 0 Å². The molecule has 0 atom stereocenters. The van der Waals surface area contributed by atoms with E-state index in [1.165, 1.54) is 5.56 Å². The van der Waals surface area contributed by atoms with E-state index in [0.717, 1.165) is 44.2 Å². The molecule has 0 saturated carbocycles. The summed E-state index contributed by atoms with van der Waals surface area (Å²) < 4.78 is 5.19. The van der Waals surface area contributed by atoms with Gasteiger partial charge in [0, 0.05) is 38.0 Å². The van der Waals surface area contributed by atoms with Crippen molar-refractivity contribution in [1.29, 1.82) is 0 Å². The largest absolute Gasteiger partial charge is 0.383 e. The third-order valence-electron chi connectivity index (χ3n) is 3.38. The number of hydrogen-bond acceptors (Lipinski definition) is 4. The molecule has 0 aliphatic carbocycles. The fourth-order valence-corrected chi connectivity index (χ4v) is 2.08. The van der Waals surface area contributed by atoms with Crippen molar-refractivity contribution in [3.63, 3.8) is 0 Å². The van der Waals surface area contributed by atoms with Crippen LogP contribution in [0.3, 0.4) is 0 Å². The van der Waals surface area contributed by atoms with E-state index in [4.69, 9.17) is 9.72 Å². The van der Waals surface area contributed by atoms with Crippen LogP contribution in [0.4, 0.5) is 5.82 Å². The summed E-state index contributed by atoms with van der Waals surface area (Å²) in [6, 6.07) is 4.39. The summed E-state index contributed by atoms with van der Waals surface area (Å²) in [7, 11) is 1.74. The lowest BCUT2D eigenvalue weighted by Gasteiger charge is -2.24. The number of aromatic nitrogens is 1. The average Bonchev–Trinajstić information content (AvgIpc) is 2.45. The van der Waals surface area contributed by atoms with Crippen LogP contribution in [-0.2, 0) is 17.7 Å². The Hall–Kier alpha value is -1.13. The molecule has 1 aromatic rings. The zero-order valence-corrected chi connectivity index (χ0v) is 14.5. The van der Waals surface area contributed by atoms with E-state index in [9.17, 15) is 0 Å². The van der Waals surface area contributed by atoms with Crippen LogP contribution in [-0.4, -0.2) is 37.3 Å². The maximum absolute atomic E-state index is 5.19. The number of methoxy groups -OCH3 is 1. The monoisotopic (exact) mass is 293 g/mol. The SMILES string of the molecule is CCc1cc(CNC(C)(C)C)cc(N(CC)CCOC)n1. The summed E-state index contributed by atoms with van der Waals surface area (Å²) >= 11 is 0. The fourth-order valence-electron chi connectivity index (χ4n) is 2.08. The van der Waals surface area contributed by atoms with E-state index in [0.29, 0.717) is 0 Å². The van der Waals surface area contributed by atoms with Gasteiger partial charge in [-0.15, -0.1) is 0 Å². The van der Waals surface area contributed by atoms with Crippen molar-refractivity contribution < 1.29 is 4.74 Å². The number of likely N-dealkylation sites (N-methyl/N-ethyl adjacent to an activating group) is 1. The number of aryl methyl sites for hydroxylation is 1. The molecule has 0 amide bonds. The van der Waals surface area contributed by atoms with Crippen LogP contribution < -0.4 is 10.2 Å². The van der Waals surface area contributed by atoms with Crippen molar-refractivity contribution in [2.75, 3.05) is 31.7 Å². The molecule has 0 fully saturated rings. The Morgan fingerprint density at radius 3 is 2.48 bits per heavy atom. The van der Waals surface area contributed by atoms with Crippen molar-refractivity contribution in [2.45, 2.75) is 53.1 Å². The minimum absolute atomic E-state index is 0.121. The molecule has 0 radical (unpaired) electrons. The molecule has 1 rings (SSSR count). The molecule has 0 unspecified atom stereocenters. The Kier molecular flexibility index (Phi) is 7.12. The summed E-state index contributed by atoms with van der Waals surface area (Å²) in [5.41, 5.74) is 2.56. The first-order valence-electron chi connectivity index (χ1n) is 7.88. The van der Waals surface area contributed by atoms with Gasteiger partial charge in [-0.2, -0.15) is 0 Å². The van der Waals surface area contributed by atoms with E-state index >= 15 is 0 Å². The Morgan fingerprint density at radius 1 is 1.24 bits per heavy atom. The van der Waals surface area contributed by atoms with Crippen LogP contribution in [0.1, 0.15) is 45.9 Å². The molecule has 1 aromatic heterocycles.